The lowest BCUT2D eigenvalue weighted by Crippen LogP contribution is -2.43. The van der Waals surface area contributed by atoms with Gasteiger partial charge in [0.15, 0.2) is 9.84 Å². The fourth-order valence-corrected chi connectivity index (χ4v) is 4.77. The van der Waals surface area contributed by atoms with E-state index in [0.29, 0.717) is 42.0 Å². The van der Waals surface area contributed by atoms with Crippen LogP contribution < -0.4 is 0 Å². The highest BCUT2D eigenvalue weighted by Crippen LogP contribution is 2.26. The van der Waals surface area contributed by atoms with Crippen LogP contribution in [0.3, 0.4) is 0 Å². The Kier molecular flexibility index (Phi) is 4.78. The molecule has 0 saturated carbocycles. The molecular formula is C17H19ClN2O3S. The first-order chi connectivity index (χ1) is 11.4. The number of benzene rings is 1. The van der Waals surface area contributed by atoms with Gasteiger partial charge in [0.1, 0.15) is 0 Å². The molecule has 128 valence electrons. The van der Waals surface area contributed by atoms with Crippen molar-refractivity contribution < 1.29 is 13.2 Å². The number of nitrogens with zero attached hydrogens (tertiary/aromatic N) is 2. The lowest BCUT2D eigenvalue weighted by atomic mass is 10.1. The Morgan fingerprint density at radius 1 is 1.33 bits per heavy atom. The summed E-state index contributed by atoms with van der Waals surface area (Å²) in [6, 6.07) is 7.08. The normalized spacial score (nSPS) is 16.5. The number of carbonyl (C=O) groups is 1. The van der Waals surface area contributed by atoms with Gasteiger partial charge in [-0.15, -0.1) is 0 Å². The van der Waals surface area contributed by atoms with E-state index in [4.69, 9.17) is 11.6 Å². The third-order valence-electron chi connectivity index (χ3n) is 4.54. The molecule has 1 aliphatic rings. The predicted octanol–water partition coefficient (Wildman–Crippen LogP) is 2.93. The van der Waals surface area contributed by atoms with E-state index >= 15 is 0 Å². The van der Waals surface area contributed by atoms with Gasteiger partial charge >= 0.3 is 0 Å². The number of rotatable bonds is 3. The van der Waals surface area contributed by atoms with E-state index in [1.807, 2.05) is 6.07 Å². The highest BCUT2D eigenvalue weighted by atomic mass is 35.5. The third kappa shape index (κ3) is 3.26. The number of amides is 1. The molecule has 1 fully saturated rings. The Labute approximate surface area is 146 Å². The van der Waals surface area contributed by atoms with E-state index in [0.717, 1.165) is 5.39 Å². The molecule has 1 aromatic carbocycles. The van der Waals surface area contributed by atoms with Gasteiger partial charge in [0, 0.05) is 35.4 Å². The highest BCUT2D eigenvalue weighted by Gasteiger charge is 2.31. The molecule has 0 atom stereocenters. The van der Waals surface area contributed by atoms with E-state index in [2.05, 4.69) is 4.98 Å². The van der Waals surface area contributed by atoms with Crippen LogP contribution in [0.2, 0.25) is 5.02 Å². The molecule has 2 aromatic rings. The van der Waals surface area contributed by atoms with Gasteiger partial charge in [0.05, 0.1) is 16.3 Å². The van der Waals surface area contributed by atoms with Gasteiger partial charge in [-0.3, -0.25) is 9.78 Å². The van der Waals surface area contributed by atoms with Gasteiger partial charge in [-0.05, 0) is 31.0 Å². The number of halogens is 1. The maximum atomic E-state index is 12.9. The molecule has 5 nitrogen and oxygen atoms in total. The number of fused-ring (bicyclic) bond motifs is 1. The Bertz CT molecular complexity index is 875. The van der Waals surface area contributed by atoms with Gasteiger partial charge in [-0.25, -0.2) is 8.42 Å². The maximum absolute atomic E-state index is 12.9. The van der Waals surface area contributed by atoms with Crippen molar-refractivity contribution in [3.05, 3.63) is 41.0 Å². The molecule has 1 saturated heterocycles. The molecule has 1 aliphatic heterocycles. The second-order valence-electron chi connectivity index (χ2n) is 5.97. The number of pyridine rings is 1. The van der Waals surface area contributed by atoms with Gasteiger partial charge in [0.25, 0.3) is 5.91 Å². The molecule has 0 radical (unpaired) electrons. The van der Waals surface area contributed by atoms with Crippen molar-refractivity contribution in [3.63, 3.8) is 0 Å². The van der Waals surface area contributed by atoms with E-state index in [1.165, 1.54) is 0 Å². The average Bonchev–Trinajstić information content (AvgIpc) is 2.60. The molecule has 1 amide bonds. The van der Waals surface area contributed by atoms with Crippen LogP contribution in [0.4, 0.5) is 0 Å². The second-order valence-corrected chi connectivity index (χ2v) is 8.98. The lowest BCUT2D eigenvalue weighted by Gasteiger charge is -2.31. The number of likely N-dealkylation sites (tertiary alicyclic amines) is 1. The molecule has 2 heterocycles. The number of sulfone groups is 1. The summed E-state index contributed by atoms with van der Waals surface area (Å²) >= 11 is 6.13. The van der Waals surface area contributed by atoms with E-state index < -0.39 is 9.84 Å². The van der Waals surface area contributed by atoms with Crippen molar-refractivity contribution in [3.8, 4) is 0 Å². The van der Waals surface area contributed by atoms with Crippen molar-refractivity contribution >= 4 is 38.2 Å². The number of carbonyl (C=O) groups excluding carboxylic acids is 1. The standard InChI is InChI=1S/C17H19ClN2O3S/c1-2-24(22,23)14-5-8-20(9-6-14)17(21)15-11-13(18)10-12-4-3-7-19-16(12)15/h3-4,7,10-11,14H,2,5-6,8-9H2,1H3. The minimum Gasteiger partial charge on any atom is -0.338 e. The molecular weight excluding hydrogens is 348 g/mol. The summed E-state index contributed by atoms with van der Waals surface area (Å²) in [6.07, 6.45) is 2.61. The number of hydrogen-bond donors (Lipinski definition) is 0. The first-order valence-corrected chi connectivity index (χ1v) is 10.1. The lowest BCUT2D eigenvalue weighted by molar-refractivity contribution is 0.0727. The monoisotopic (exact) mass is 366 g/mol. The van der Waals surface area contributed by atoms with Crippen molar-refractivity contribution in [2.24, 2.45) is 0 Å². The highest BCUT2D eigenvalue weighted by molar-refractivity contribution is 7.92. The molecule has 0 aliphatic carbocycles. The van der Waals surface area contributed by atoms with Gasteiger partial charge in [-0.1, -0.05) is 24.6 Å². The van der Waals surface area contributed by atoms with Gasteiger partial charge < -0.3 is 4.90 Å². The summed E-state index contributed by atoms with van der Waals surface area (Å²) in [5.41, 5.74) is 1.09. The molecule has 3 rings (SSSR count). The van der Waals surface area contributed by atoms with Crippen LogP contribution in [0.1, 0.15) is 30.1 Å². The van der Waals surface area contributed by atoms with Crippen LogP contribution in [0, 0.1) is 0 Å². The Morgan fingerprint density at radius 3 is 2.71 bits per heavy atom. The fourth-order valence-electron chi connectivity index (χ4n) is 3.14. The van der Waals surface area contributed by atoms with E-state index in [9.17, 15) is 13.2 Å². The van der Waals surface area contributed by atoms with Crippen LogP contribution in [0.5, 0.6) is 0 Å². The molecule has 0 spiro atoms. The molecule has 7 heteroatoms. The van der Waals surface area contributed by atoms with Crippen molar-refractivity contribution in [2.75, 3.05) is 18.8 Å². The van der Waals surface area contributed by atoms with Crippen molar-refractivity contribution in [1.29, 1.82) is 0 Å². The van der Waals surface area contributed by atoms with Crippen LogP contribution in [0.25, 0.3) is 10.9 Å². The average molecular weight is 367 g/mol. The van der Waals surface area contributed by atoms with Crippen molar-refractivity contribution in [1.82, 2.24) is 9.88 Å². The Balaban J connectivity index is 1.84. The Hall–Kier alpha value is -1.66. The third-order valence-corrected chi connectivity index (χ3v) is 7.05. The summed E-state index contributed by atoms with van der Waals surface area (Å²) in [5.74, 6) is 0.00242. The fraction of sp³-hybridized carbons (Fsp3) is 0.412. The van der Waals surface area contributed by atoms with Crippen molar-refractivity contribution in [2.45, 2.75) is 25.0 Å². The zero-order chi connectivity index (χ0) is 17.3. The first kappa shape index (κ1) is 17.2. The van der Waals surface area contributed by atoms with E-state index in [1.54, 1.807) is 36.2 Å². The predicted molar refractivity (Wildman–Crippen MR) is 95.1 cm³/mol. The number of hydrogen-bond acceptors (Lipinski definition) is 4. The topological polar surface area (TPSA) is 67.3 Å². The maximum Gasteiger partial charge on any atom is 0.256 e. The minimum atomic E-state index is -3.05. The smallest absolute Gasteiger partial charge is 0.256 e. The first-order valence-electron chi connectivity index (χ1n) is 7.97. The summed E-state index contributed by atoms with van der Waals surface area (Å²) in [4.78, 5) is 18.9. The summed E-state index contributed by atoms with van der Waals surface area (Å²) in [6.45, 7) is 2.53. The summed E-state index contributed by atoms with van der Waals surface area (Å²) in [5, 5.41) is 0.958. The summed E-state index contributed by atoms with van der Waals surface area (Å²) < 4.78 is 24.0. The van der Waals surface area contributed by atoms with E-state index in [-0.39, 0.29) is 16.9 Å². The van der Waals surface area contributed by atoms with Gasteiger partial charge in [-0.2, -0.15) is 0 Å². The molecule has 0 N–H and O–H groups in total. The van der Waals surface area contributed by atoms with Crippen LogP contribution >= 0.6 is 11.6 Å². The largest absolute Gasteiger partial charge is 0.338 e. The number of aromatic nitrogens is 1. The zero-order valence-electron chi connectivity index (χ0n) is 13.4. The van der Waals surface area contributed by atoms with Gasteiger partial charge in [0.2, 0.25) is 0 Å². The second kappa shape index (κ2) is 6.69. The molecule has 0 bridgehead atoms. The quantitative estimate of drug-likeness (QED) is 0.837. The molecule has 1 aromatic heterocycles. The Morgan fingerprint density at radius 2 is 2.04 bits per heavy atom. The number of piperidine rings is 1. The zero-order valence-corrected chi connectivity index (χ0v) is 15.0. The van der Waals surface area contributed by atoms with Crippen LogP contribution in [-0.4, -0.2) is 48.3 Å². The molecule has 24 heavy (non-hydrogen) atoms. The molecule has 0 unspecified atom stereocenters. The van der Waals surface area contributed by atoms with Crippen LogP contribution in [-0.2, 0) is 9.84 Å². The minimum absolute atomic E-state index is 0.145. The SMILES string of the molecule is CCS(=O)(=O)C1CCN(C(=O)c2cc(Cl)cc3cccnc23)CC1. The summed E-state index contributed by atoms with van der Waals surface area (Å²) in [7, 11) is -3.05. The van der Waals surface area contributed by atoms with Crippen LogP contribution in [0.15, 0.2) is 30.5 Å².